The Bertz CT molecular complexity index is 446. The molecule has 0 saturated carbocycles. The lowest BCUT2D eigenvalue weighted by molar-refractivity contribution is -0.152. The van der Waals surface area contributed by atoms with E-state index in [0.717, 1.165) is 4.88 Å². The minimum atomic E-state index is -0.840. The largest absolute Gasteiger partial charge is 0.481 e. The molecular formula is C13H17NO4S. The molecule has 0 radical (unpaired) electrons. The van der Waals surface area contributed by atoms with Crippen LogP contribution in [0.1, 0.15) is 23.8 Å². The number of carboxylic acid groups (broad SMARTS) is 1. The third-order valence-corrected chi connectivity index (χ3v) is 4.34. The molecule has 0 spiro atoms. The molecule has 2 heterocycles. The summed E-state index contributed by atoms with van der Waals surface area (Å²) in [6.07, 6.45) is 0.697. The Morgan fingerprint density at radius 3 is 3.00 bits per heavy atom. The number of amides is 1. The number of piperidine rings is 1. The number of likely N-dealkylation sites (tertiary alicyclic amines) is 1. The van der Waals surface area contributed by atoms with Crippen molar-refractivity contribution in [1.29, 1.82) is 0 Å². The molecule has 19 heavy (non-hydrogen) atoms. The maximum Gasteiger partial charge on any atom is 0.308 e. The van der Waals surface area contributed by atoms with Gasteiger partial charge in [-0.05, 0) is 17.9 Å². The summed E-state index contributed by atoms with van der Waals surface area (Å²) in [6, 6.07) is 3.41. The van der Waals surface area contributed by atoms with Crippen LogP contribution >= 0.6 is 11.3 Å². The smallest absolute Gasteiger partial charge is 0.308 e. The first-order chi connectivity index (χ1) is 9.15. The van der Waals surface area contributed by atoms with Crippen LogP contribution in [0.3, 0.4) is 0 Å². The van der Waals surface area contributed by atoms with Crippen molar-refractivity contribution < 1.29 is 19.4 Å². The average Bonchev–Trinajstić information content (AvgIpc) is 2.90. The Kier molecular flexibility index (Phi) is 4.55. The van der Waals surface area contributed by atoms with Gasteiger partial charge in [-0.2, -0.15) is 0 Å². The van der Waals surface area contributed by atoms with Crippen molar-refractivity contribution in [3.63, 3.8) is 0 Å². The minimum Gasteiger partial charge on any atom is -0.481 e. The van der Waals surface area contributed by atoms with Crippen LogP contribution in [0, 0.1) is 5.92 Å². The molecule has 1 fully saturated rings. The number of carbonyl (C=O) groups excluding carboxylic acids is 1. The van der Waals surface area contributed by atoms with Gasteiger partial charge in [-0.1, -0.05) is 6.07 Å². The van der Waals surface area contributed by atoms with E-state index in [0.29, 0.717) is 26.0 Å². The van der Waals surface area contributed by atoms with Crippen LogP contribution in [0.5, 0.6) is 0 Å². The number of hydrogen-bond acceptors (Lipinski definition) is 4. The lowest BCUT2D eigenvalue weighted by atomic mass is 9.87. The van der Waals surface area contributed by atoms with Gasteiger partial charge < -0.3 is 14.7 Å². The van der Waals surface area contributed by atoms with Gasteiger partial charge in [0, 0.05) is 25.0 Å². The van der Waals surface area contributed by atoms with E-state index in [1.807, 2.05) is 17.5 Å². The van der Waals surface area contributed by atoms with Crippen molar-refractivity contribution in [1.82, 2.24) is 4.90 Å². The van der Waals surface area contributed by atoms with Crippen LogP contribution < -0.4 is 0 Å². The zero-order chi connectivity index (χ0) is 13.8. The molecule has 6 heteroatoms. The average molecular weight is 283 g/mol. The van der Waals surface area contributed by atoms with E-state index in [2.05, 4.69) is 0 Å². The van der Waals surface area contributed by atoms with E-state index in [1.165, 1.54) is 11.3 Å². The summed E-state index contributed by atoms with van der Waals surface area (Å²) in [4.78, 5) is 26.1. The van der Waals surface area contributed by atoms with Gasteiger partial charge >= 0.3 is 5.97 Å². The Balaban J connectivity index is 2.29. The Morgan fingerprint density at radius 2 is 2.42 bits per heavy atom. The standard InChI is InChI=1S/C13H17NO4S/c1-18-7-6-14-11(15)5-4-9(13(16)17)12(14)10-3-2-8-19-10/h2-3,8-9,12H,4-7H2,1H3,(H,16,17). The summed E-state index contributed by atoms with van der Waals surface area (Å²) < 4.78 is 5.02. The van der Waals surface area contributed by atoms with Crippen molar-refractivity contribution >= 4 is 23.2 Å². The minimum absolute atomic E-state index is 0.00736. The molecule has 104 valence electrons. The van der Waals surface area contributed by atoms with Crippen LogP contribution in [0.4, 0.5) is 0 Å². The van der Waals surface area contributed by atoms with Crippen molar-refractivity contribution in [2.45, 2.75) is 18.9 Å². The van der Waals surface area contributed by atoms with Gasteiger partial charge in [0.2, 0.25) is 5.91 Å². The molecular weight excluding hydrogens is 266 g/mol. The zero-order valence-corrected chi connectivity index (χ0v) is 11.6. The summed E-state index contributed by atoms with van der Waals surface area (Å²) in [7, 11) is 1.57. The molecule has 1 aliphatic rings. The number of hydrogen-bond donors (Lipinski definition) is 1. The van der Waals surface area contributed by atoms with Crippen LogP contribution in [0.25, 0.3) is 0 Å². The number of carboxylic acids is 1. The molecule has 1 amide bonds. The molecule has 5 nitrogen and oxygen atoms in total. The van der Waals surface area contributed by atoms with Crippen LogP contribution in [0.15, 0.2) is 17.5 Å². The van der Waals surface area contributed by atoms with Crippen molar-refractivity contribution in [2.24, 2.45) is 5.92 Å². The molecule has 1 saturated heterocycles. The third kappa shape index (κ3) is 2.96. The molecule has 1 aliphatic heterocycles. The molecule has 1 aromatic heterocycles. The quantitative estimate of drug-likeness (QED) is 0.894. The molecule has 2 rings (SSSR count). The normalized spacial score (nSPS) is 23.6. The van der Waals surface area contributed by atoms with Crippen molar-refractivity contribution in [2.75, 3.05) is 20.3 Å². The van der Waals surface area contributed by atoms with E-state index < -0.39 is 11.9 Å². The van der Waals surface area contributed by atoms with E-state index in [9.17, 15) is 14.7 Å². The monoisotopic (exact) mass is 283 g/mol. The van der Waals surface area contributed by atoms with E-state index >= 15 is 0 Å². The summed E-state index contributed by atoms with van der Waals surface area (Å²) in [6.45, 7) is 0.849. The first kappa shape index (κ1) is 14.0. The lowest BCUT2D eigenvalue weighted by Crippen LogP contribution is -2.46. The zero-order valence-electron chi connectivity index (χ0n) is 10.7. The summed E-state index contributed by atoms with van der Waals surface area (Å²) in [5.41, 5.74) is 0. The highest BCUT2D eigenvalue weighted by molar-refractivity contribution is 7.10. The molecule has 2 unspecified atom stereocenters. The maximum atomic E-state index is 12.1. The third-order valence-electron chi connectivity index (χ3n) is 3.39. The van der Waals surface area contributed by atoms with Crippen molar-refractivity contribution in [3.8, 4) is 0 Å². The molecule has 2 atom stereocenters. The van der Waals surface area contributed by atoms with E-state index in [-0.39, 0.29) is 11.9 Å². The number of methoxy groups -OCH3 is 1. The first-order valence-electron chi connectivity index (χ1n) is 6.19. The number of aliphatic carboxylic acids is 1. The van der Waals surface area contributed by atoms with E-state index in [4.69, 9.17) is 4.74 Å². The van der Waals surface area contributed by atoms with Crippen LogP contribution in [0.2, 0.25) is 0 Å². The number of nitrogens with zero attached hydrogens (tertiary/aromatic N) is 1. The molecule has 1 N–H and O–H groups in total. The van der Waals surface area contributed by atoms with Gasteiger partial charge in [-0.3, -0.25) is 9.59 Å². The Morgan fingerprint density at radius 1 is 1.63 bits per heavy atom. The topological polar surface area (TPSA) is 66.8 Å². The highest BCUT2D eigenvalue weighted by Crippen LogP contribution is 2.38. The Labute approximate surface area is 115 Å². The number of ether oxygens (including phenoxy) is 1. The second-order valence-corrected chi connectivity index (χ2v) is 5.50. The number of thiophene rings is 1. The molecule has 1 aromatic rings. The van der Waals surface area contributed by atoms with Gasteiger partial charge in [0.25, 0.3) is 0 Å². The number of carbonyl (C=O) groups is 2. The van der Waals surface area contributed by atoms with Gasteiger partial charge in [0.15, 0.2) is 0 Å². The van der Waals surface area contributed by atoms with Crippen LogP contribution in [-0.4, -0.2) is 42.1 Å². The van der Waals surface area contributed by atoms with Gasteiger partial charge in [-0.15, -0.1) is 11.3 Å². The first-order valence-corrected chi connectivity index (χ1v) is 7.07. The predicted molar refractivity (Wildman–Crippen MR) is 71.0 cm³/mol. The Hall–Kier alpha value is -1.40. The van der Waals surface area contributed by atoms with E-state index in [1.54, 1.807) is 12.0 Å². The SMILES string of the molecule is COCCN1C(=O)CCC(C(=O)O)C1c1cccs1. The number of rotatable bonds is 5. The lowest BCUT2D eigenvalue weighted by Gasteiger charge is -2.38. The van der Waals surface area contributed by atoms with Crippen molar-refractivity contribution in [3.05, 3.63) is 22.4 Å². The predicted octanol–water partition coefficient (Wildman–Crippen LogP) is 1.76. The maximum absolute atomic E-state index is 12.1. The van der Waals surface area contributed by atoms with Gasteiger partial charge in [0.05, 0.1) is 18.6 Å². The fraction of sp³-hybridized carbons (Fsp3) is 0.538. The summed E-state index contributed by atoms with van der Waals surface area (Å²) in [5.74, 6) is -1.37. The molecule has 0 aromatic carbocycles. The highest BCUT2D eigenvalue weighted by atomic mass is 32.1. The highest BCUT2D eigenvalue weighted by Gasteiger charge is 2.40. The summed E-state index contributed by atoms with van der Waals surface area (Å²) >= 11 is 1.49. The second kappa shape index (κ2) is 6.16. The fourth-order valence-corrected chi connectivity index (χ4v) is 3.38. The van der Waals surface area contributed by atoms with Gasteiger partial charge in [0.1, 0.15) is 0 Å². The second-order valence-electron chi connectivity index (χ2n) is 4.52. The fourth-order valence-electron chi connectivity index (χ4n) is 2.48. The summed E-state index contributed by atoms with van der Waals surface area (Å²) in [5, 5.41) is 11.3. The molecule has 0 aliphatic carbocycles. The van der Waals surface area contributed by atoms with Gasteiger partial charge in [-0.25, -0.2) is 0 Å². The molecule has 0 bridgehead atoms. The van der Waals surface area contributed by atoms with Crippen LogP contribution in [-0.2, 0) is 14.3 Å².